The van der Waals surface area contributed by atoms with Gasteiger partial charge in [-0.05, 0) is 25.0 Å². The van der Waals surface area contributed by atoms with Crippen molar-refractivity contribution < 1.29 is 14.3 Å². The third-order valence-corrected chi connectivity index (χ3v) is 8.42. The number of carbonyl (C=O) groups is 2. The first-order valence-corrected chi connectivity index (χ1v) is 14.4. The van der Waals surface area contributed by atoms with Gasteiger partial charge in [0.15, 0.2) is 0 Å². The van der Waals surface area contributed by atoms with E-state index in [1.54, 1.807) is 18.3 Å². The number of nitrogens with zero attached hydrogens (tertiary/aromatic N) is 2. The number of thiophene rings is 2. The molecular formula is C28H23N3O3S3. The van der Waals surface area contributed by atoms with Crippen LogP contribution in [0.4, 0.5) is 5.00 Å². The molecule has 0 unspecified atom stereocenters. The third-order valence-electron chi connectivity index (χ3n) is 5.65. The summed E-state index contributed by atoms with van der Waals surface area (Å²) in [6.45, 7) is 4.03. The highest BCUT2D eigenvalue weighted by Gasteiger charge is 2.23. The zero-order valence-electron chi connectivity index (χ0n) is 20.2. The van der Waals surface area contributed by atoms with E-state index in [0.717, 1.165) is 43.1 Å². The Kier molecular flexibility index (Phi) is 7.64. The van der Waals surface area contributed by atoms with Gasteiger partial charge in [0.2, 0.25) is 5.91 Å². The van der Waals surface area contributed by atoms with Gasteiger partial charge in [-0.1, -0.05) is 71.9 Å². The summed E-state index contributed by atoms with van der Waals surface area (Å²) in [5.74, 6) is -0.544. The molecule has 3 aromatic heterocycles. The highest BCUT2D eigenvalue weighted by Crippen LogP contribution is 2.39. The number of aryl methyl sites for hydroxylation is 1. The summed E-state index contributed by atoms with van der Waals surface area (Å²) in [5.41, 5.74) is 5.28. The summed E-state index contributed by atoms with van der Waals surface area (Å²) >= 11 is 4.23. The van der Waals surface area contributed by atoms with Gasteiger partial charge >= 0.3 is 5.97 Å². The van der Waals surface area contributed by atoms with E-state index in [1.807, 2.05) is 54.8 Å². The third kappa shape index (κ3) is 5.44. The molecule has 2 aromatic carbocycles. The maximum atomic E-state index is 13.0. The van der Waals surface area contributed by atoms with Crippen LogP contribution >= 0.6 is 34.4 Å². The highest BCUT2D eigenvalue weighted by atomic mass is 32.2. The molecule has 0 aliphatic heterocycles. The Bertz CT molecular complexity index is 1560. The summed E-state index contributed by atoms with van der Waals surface area (Å²) in [5, 5.41) is 9.05. The van der Waals surface area contributed by atoms with Gasteiger partial charge < -0.3 is 10.1 Å². The average molecular weight is 546 g/mol. The number of thioether (sulfide) groups is 1. The molecule has 6 nitrogen and oxygen atoms in total. The Morgan fingerprint density at radius 1 is 0.946 bits per heavy atom. The molecule has 9 heteroatoms. The minimum absolute atomic E-state index is 0.135. The fourth-order valence-corrected chi connectivity index (χ4v) is 6.65. The lowest BCUT2D eigenvalue weighted by atomic mass is 10.0. The van der Waals surface area contributed by atoms with E-state index in [2.05, 4.69) is 32.8 Å². The van der Waals surface area contributed by atoms with Crippen molar-refractivity contribution in [2.75, 3.05) is 17.7 Å². The summed E-state index contributed by atoms with van der Waals surface area (Å²) < 4.78 is 5.31. The van der Waals surface area contributed by atoms with Crippen LogP contribution in [0.1, 0.15) is 22.8 Å². The molecule has 0 atom stereocenters. The SMILES string of the molecule is CCOC(=O)c1c(-c2ccc(C)cc2)csc1NC(=O)CSc1ncnc2scc(-c3ccccc3)c12. The molecular weight excluding hydrogens is 523 g/mol. The number of esters is 1. The number of nitrogens with one attached hydrogen (secondary N) is 1. The monoisotopic (exact) mass is 545 g/mol. The molecule has 0 saturated carbocycles. The maximum Gasteiger partial charge on any atom is 0.341 e. The number of aromatic nitrogens is 2. The van der Waals surface area contributed by atoms with Crippen LogP contribution in [0.25, 0.3) is 32.5 Å². The van der Waals surface area contributed by atoms with Crippen molar-refractivity contribution in [3.8, 4) is 22.3 Å². The molecule has 5 rings (SSSR count). The van der Waals surface area contributed by atoms with Gasteiger partial charge in [0.1, 0.15) is 26.7 Å². The summed E-state index contributed by atoms with van der Waals surface area (Å²) in [4.78, 5) is 35.6. The molecule has 0 fully saturated rings. The lowest BCUT2D eigenvalue weighted by molar-refractivity contribution is -0.113. The second kappa shape index (κ2) is 11.2. The topological polar surface area (TPSA) is 81.2 Å². The van der Waals surface area contributed by atoms with Crippen molar-refractivity contribution in [2.45, 2.75) is 18.9 Å². The van der Waals surface area contributed by atoms with Crippen molar-refractivity contribution in [1.29, 1.82) is 0 Å². The number of carbonyl (C=O) groups excluding carboxylic acids is 2. The number of ether oxygens (including phenoxy) is 1. The Labute approximate surface area is 226 Å². The summed E-state index contributed by atoms with van der Waals surface area (Å²) in [7, 11) is 0. The van der Waals surface area contributed by atoms with Gasteiger partial charge in [0.25, 0.3) is 0 Å². The van der Waals surface area contributed by atoms with Crippen LogP contribution < -0.4 is 5.32 Å². The first kappa shape index (κ1) is 25.1. The van der Waals surface area contributed by atoms with E-state index in [1.165, 1.54) is 29.4 Å². The summed E-state index contributed by atoms with van der Waals surface area (Å²) in [6.07, 6.45) is 1.53. The zero-order chi connectivity index (χ0) is 25.8. The lowest BCUT2D eigenvalue weighted by Crippen LogP contribution is -2.16. The minimum Gasteiger partial charge on any atom is -0.462 e. The smallest absolute Gasteiger partial charge is 0.341 e. The molecule has 5 aromatic rings. The van der Waals surface area contributed by atoms with E-state index in [0.29, 0.717) is 10.6 Å². The van der Waals surface area contributed by atoms with Crippen molar-refractivity contribution >= 4 is 61.5 Å². The maximum absolute atomic E-state index is 13.0. The quantitative estimate of drug-likeness (QED) is 0.125. The van der Waals surface area contributed by atoms with Gasteiger partial charge in [-0.2, -0.15) is 0 Å². The fourth-order valence-electron chi connectivity index (χ4n) is 3.89. The van der Waals surface area contributed by atoms with Crippen LogP contribution in [0.3, 0.4) is 0 Å². The van der Waals surface area contributed by atoms with E-state index in [4.69, 9.17) is 4.74 Å². The van der Waals surface area contributed by atoms with Gasteiger partial charge in [-0.25, -0.2) is 14.8 Å². The van der Waals surface area contributed by atoms with Crippen molar-refractivity contribution in [2.24, 2.45) is 0 Å². The van der Waals surface area contributed by atoms with E-state index in [-0.39, 0.29) is 18.3 Å². The Morgan fingerprint density at radius 3 is 2.43 bits per heavy atom. The number of rotatable bonds is 8. The fraction of sp³-hybridized carbons (Fsp3) is 0.143. The number of hydrogen-bond donors (Lipinski definition) is 1. The first-order chi connectivity index (χ1) is 18.0. The predicted octanol–water partition coefficient (Wildman–Crippen LogP) is 7.30. The van der Waals surface area contributed by atoms with Gasteiger partial charge in [0.05, 0.1) is 17.7 Å². The first-order valence-electron chi connectivity index (χ1n) is 11.6. The highest BCUT2D eigenvalue weighted by molar-refractivity contribution is 8.00. The average Bonchev–Trinajstić information content (AvgIpc) is 3.53. The van der Waals surface area contributed by atoms with E-state index < -0.39 is 5.97 Å². The molecule has 0 aliphatic carbocycles. The second-order valence-electron chi connectivity index (χ2n) is 8.15. The number of anilines is 1. The number of hydrogen-bond acceptors (Lipinski definition) is 8. The number of benzene rings is 2. The Morgan fingerprint density at radius 2 is 1.68 bits per heavy atom. The molecule has 0 aliphatic rings. The van der Waals surface area contributed by atoms with Crippen LogP contribution in [0.5, 0.6) is 0 Å². The second-order valence-corrected chi connectivity index (χ2v) is 10.9. The molecule has 3 heterocycles. The zero-order valence-corrected chi connectivity index (χ0v) is 22.6. The molecule has 0 radical (unpaired) electrons. The number of amides is 1. The normalized spacial score (nSPS) is 11.0. The molecule has 0 spiro atoms. The van der Waals surface area contributed by atoms with Crippen molar-refractivity contribution in [3.05, 3.63) is 82.8 Å². The molecule has 1 N–H and O–H groups in total. The lowest BCUT2D eigenvalue weighted by Gasteiger charge is -2.09. The number of fused-ring (bicyclic) bond motifs is 1. The van der Waals surface area contributed by atoms with Crippen LogP contribution in [0.2, 0.25) is 0 Å². The van der Waals surface area contributed by atoms with Crippen LogP contribution in [0.15, 0.2) is 76.7 Å². The minimum atomic E-state index is -0.453. The van der Waals surface area contributed by atoms with E-state index >= 15 is 0 Å². The standard InChI is InChI=1S/C28H23N3O3S3/c1-3-34-28(33)24-21(19-11-9-17(2)10-12-19)14-36-27(24)31-22(32)15-37-26-23-20(18-7-5-4-6-8-18)13-35-25(23)29-16-30-26/h4-14,16H,3,15H2,1-2H3,(H,31,32). The van der Waals surface area contributed by atoms with Gasteiger partial charge in [-0.15, -0.1) is 22.7 Å². The van der Waals surface area contributed by atoms with Crippen LogP contribution in [-0.4, -0.2) is 34.2 Å². The van der Waals surface area contributed by atoms with Crippen molar-refractivity contribution in [1.82, 2.24) is 9.97 Å². The summed E-state index contributed by atoms with van der Waals surface area (Å²) in [6, 6.07) is 18.0. The Balaban J connectivity index is 1.38. The molecule has 0 bridgehead atoms. The largest absolute Gasteiger partial charge is 0.462 e. The van der Waals surface area contributed by atoms with Gasteiger partial charge in [0, 0.05) is 21.9 Å². The van der Waals surface area contributed by atoms with Crippen molar-refractivity contribution in [3.63, 3.8) is 0 Å². The molecule has 1 amide bonds. The van der Waals surface area contributed by atoms with Crippen LogP contribution in [-0.2, 0) is 9.53 Å². The molecule has 0 saturated heterocycles. The molecule has 186 valence electrons. The predicted molar refractivity (Wildman–Crippen MR) is 153 cm³/mol. The van der Waals surface area contributed by atoms with E-state index in [9.17, 15) is 9.59 Å². The Hall–Kier alpha value is -3.53. The van der Waals surface area contributed by atoms with Crippen LogP contribution in [0, 0.1) is 6.92 Å². The molecule has 37 heavy (non-hydrogen) atoms. The van der Waals surface area contributed by atoms with Gasteiger partial charge in [-0.3, -0.25) is 4.79 Å².